The van der Waals surface area contributed by atoms with Crippen LogP contribution in [-0.2, 0) is 9.53 Å². The van der Waals surface area contributed by atoms with E-state index < -0.39 is 5.60 Å². The number of hydrogen-bond acceptors (Lipinski definition) is 4. The summed E-state index contributed by atoms with van der Waals surface area (Å²) in [4.78, 5) is 24.9. The van der Waals surface area contributed by atoms with E-state index >= 15 is 0 Å². The molecule has 2 saturated heterocycles. The summed E-state index contributed by atoms with van der Waals surface area (Å²) in [5.74, 6) is 0.0418. The second-order valence-electron chi connectivity index (χ2n) is 6.38. The number of rotatable bonds is 0. The fourth-order valence-electron chi connectivity index (χ4n) is 2.46. The first-order chi connectivity index (χ1) is 8.80. The number of nitrogens with zero attached hydrogens (tertiary/aromatic N) is 1. The Labute approximate surface area is 113 Å². The number of piperidine rings is 1. The highest BCUT2D eigenvalue weighted by Gasteiger charge is 2.39. The molecule has 6 nitrogen and oxygen atoms in total. The molecule has 0 radical (unpaired) electrons. The molecule has 0 aromatic heterocycles. The van der Waals surface area contributed by atoms with E-state index in [0.29, 0.717) is 26.2 Å². The third kappa shape index (κ3) is 3.59. The lowest BCUT2D eigenvalue weighted by Gasteiger charge is -2.44. The molecule has 0 aliphatic carbocycles. The Hall–Kier alpha value is -1.30. The average molecular weight is 269 g/mol. The molecule has 0 aromatic carbocycles. The second-order valence-corrected chi connectivity index (χ2v) is 6.38. The molecule has 0 atom stereocenters. The quantitative estimate of drug-likeness (QED) is 0.671. The van der Waals surface area contributed by atoms with Gasteiger partial charge in [-0.25, -0.2) is 4.79 Å². The van der Waals surface area contributed by atoms with Gasteiger partial charge in [-0.1, -0.05) is 0 Å². The Morgan fingerprint density at radius 2 is 1.95 bits per heavy atom. The molecular weight excluding hydrogens is 246 g/mol. The van der Waals surface area contributed by atoms with Crippen LogP contribution in [0.5, 0.6) is 0 Å². The van der Waals surface area contributed by atoms with Crippen LogP contribution < -0.4 is 10.6 Å². The molecule has 2 heterocycles. The number of nitrogens with one attached hydrogen (secondary N) is 2. The first-order valence-corrected chi connectivity index (χ1v) is 6.79. The van der Waals surface area contributed by atoms with Crippen LogP contribution in [0, 0.1) is 0 Å². The van der Waals surface area contributed by atoms with E-state index in [1.807, 2.05) is 20.8 Å². The van der Waals surface area contributed by atoms with Gasteiger partial charge in [0.05, 0.1) is 6.54 Å². The van der Waals surface area contributed by atoms with Gasteiger partial charge in [0.25, 0.3) is 0 Å². The lowest BCUT2D eigenvalue weighted by molar-refractivity contribution is -0.123. The van der Waals surface area contributed by atoms with Gasteiger partial charge in [0, 0.05) is 25.2 Å². The Morgan fingerprint density at radius 3 is 2.42 bits per heavy atom. The highest BCUT2D eigenvalue weighted by molar-refractivity contribution is 5.79. The van der Waals surface area contributed by atoms with E-state index in [1.165, 1.54) is 0 Å². The smallest absolute Gasteiger partial charge is 0.410 e. The lowest BCUT2D eigenvalue weighted by atomic mass is 9.86. The Balaban J connectivity index is 1.85. The van der Waals surface area contributed by atoms with Crippen LogP contribution in [0.3, 0.4) is 0 Å². The van der Waals surface area contributed by atoms with E-state index in [0.717, 1.165) is 12.8 Å². The van der Waals surface area contributed by atoms with Crippen LogP contribution in [0.2, 0.25) is 0 Å². The number of hydrogen-bond donors (Lipinski definition) is 2. The average Bonchev–Trinajstić information content (AvgIpc) is 2.32. The highest BCUT2D eigenvalue weighted by Crippen LogP contribution is 2.24. The summed E-state index contributed by atoms with van der Waals surface area (Å²) < 4.78 is 5.37. The van der Waals surface area contributed by atoms with Gasteiger partial charge in [0.15, 0.2) is 0 Å². The minimum absolute atomic E-state index is 0.0418. The number of carbonyl (C=O) groups is 2. The molecule has 2 aliphatic heterocycles. The van der Waals surface area contributed by atoms with Crippen molar-refractivity contribution in [3.05, 3.63) is 0 Å². The normalized spacial score (nSPS) is 23.1. The Kier molecular flexibility index (Phi) is 3.71. The first-order valence-electron chi connectivity index (χ1n) is 6.79. The summed E-state index contributed by atoms with van der Waals surface area (Å²) >= 11 is 0. The molecule has 19 heavy (non-hydrogen) atoms. The molecule has 0 bridgehead atoms. The van der Waals surface area contributed by atoms with Crippen LogP contribution >= 0.6 is 0 Å². The zero-order valence-electron chi connectivity index (χ0n) is 11.9. The van der Waals surface area contributed by atoms with E-state index in [2.05, 4.69) is 10.6 Å². The van der Waals surface area contributed by atoms with Crippen LogP contribution in [0.15, 0.2) is 0 Å². The zero-order valence-corrected chi connectivity index (χ0v) is 11.9. The van der Waals surface area contributed by atoms with Gasteiger partial charge >= 0.3 is 6.09 Å². The maximum absolute atomic E-state index is 12.0. The molecular formula is C13H23N3O3. The molecule has 108 valence electrons. The van der Waals surface area contributed by atoms with Crippen molar-refractivity contribution in [2.24, 2.45) is 0 Å². The van der Waals surface area contributed by atoms with E-state index in [4.69, 9.17) is 4.74 Å². The van der Waals surface area contributed by atoms with Crippen molar-refractivity contribution >= 4 is 12.0 Å². The standard InChI is InChI=1S/C13H23N3O3/c1-12(2,3)19-11(18)16-6-4-13(5-7-16)9-14-10(17)8-15-13/h15H,4-9H2,1-3H3,(H,14,17). The topological polar surface area (TPSA) is 70.7 Å². The predicted molar refractivity (Wildman–Crippen MR) is 70.8 cm³/mol. The van der Waals surface area contributed by atoms with Gasteiger partial charge in [-0.05, 0) is 33.6 Å². The second kappa shape index (κ2) is 5.00. The summed E-state index contributed by atoms with van der Waals surface area (Å²) in [5.41, 5.74) is -0.504. The summed E-state index contributed by atoms with van der Waals surface area (Å²) in [6.07, 6.45) is 1.43. The van der Waals surface area contributed by atoms with Crippen molar-refractivity contribution in [1.29, 1.82) is 0 Å². The lowest BCUT2D eigenvalue weighted by Crippen LogP contribution is -2.65. The van der Waals surface area contributed by atoms with E-state index in [-0.39, 0.29) is 17.5 Å². The molecule has 2 fully saturated rings. The molecule has 0 saturated carbocycles. The highest BCUT2D eigenvalue weighted by atomic mass is 16.6. The molecule has 2 aliphatic rings. The van der Waals surface area contributed by atoms with Crippen LogP contribution in [0.25, 0.3) is 0 Å². The first kappa shape index (κ1) is 14.1. The SMILES string of the molecule is CC(C)(C)OC(=O)N1CCC2(CC1)CNC(=O)CN2. The fraction of sp³-hybridized carbons (Fsp3) is 0.846. The maximum atomic E-state index is 12.0. The number of piperazine rings is 1. The maximum Gasteiger partial charge on any atom is 0.410 e. The van der Waals surface area contributed by atoms with Crippen LogP contribution in [0.4, 0.5) is 4.79 Å². The largest absolute Gasteiger partial charge is 0.444 e. The molecule has 6 heteroatoms. The van der Waals surface area contributed by atoms with Crippen molar-refractivity contribution in [3.63, 3.8) is 0 Å². The molecule has 1 spiro atoms. The summed E-state index contributed by atoms with van der Waals surface area (Å²) in [5, 5.41) is 6.19. The number of amides is 2. The van der Waals surface area contributed by atoms with Crippen molar-refractivity contribution < 1.29 is 14.3 Å². The Bertz CT molecular complexity index is 356. The molecule has 2 rings (SSSR count). The minimum atomic E-state index is -0.455. The summed E-state index contributed by atoms with van der Waals surface area (Å²) in [6, 6.07) is 0. The monoisotopic (exact) mass is 269 g/mol. The minimum Gasteiger partial charge on any atom is -0.444 e. The molecule has 0 unspecified atom stereocenters. The Morgan fingerprint density at radius 1 is 1.32 bits per heavy atom. The number of likely N-dealkylation sites (tertiary alicyclic amines) is 1. The number of ether oxygens (including phenoxy) is 1. The van der Waals surface area contributed by atoms with Crippen molar-refractivity contribution in [1.82, 2.24) is 15.5 Å². The summed E-state index contributed by atoms with van der Waals surface area (Å²) in [6.45, 7) is 7.95. The van der Waals surface area contributed by atoms with Gasteiger partial charge in [0.1, 0.15) is 5.60 Å². The van der Waals surface area contributed by atoms with Crippen LogP contribution in [0.1, 0.15) is 33.6 Å². The zero-order chi connectivity index (χ0) is 14.1. The van der Waals surface area contributed by atoms with Gasteiger partial charge in [-0.15, -0.1) is 0 Å². The van der Waals surface area contributed by atoms with Crippen molar-refractivity contribution in [2.75, 3.05) is 26.2 Å². The van der Waals surface area contributed by atoms with Gasteiger partial charge in [0.2, 0.25) is 5.91 Å². The molecule has 0 aromatic rings. The van der Waals surface area contributed by atoms with Gasteiger partial charge in [-0.3, -0.25) is 4.79 Å². The van der Waals surface area contributed by atoms with Crippen molar-refractivity contribution in [3.8, 4) is 0 Å². The van der Waals surface area contributed by atoms with Gasteiger partial charge in [-0.2, -0.15) is 0 Å². The molecule has 2 amide bonds. The predicted octanol–water partition coefficient (Wildman–Crippen LogP) is 0.476. The third-order valence-corrected chi connectivity index (χ3v) is 3.62. The van der Waals surface area contributed by atoms with Crippen LogP contribution in [-0.4, -0.2) is 54.2 Å². The fourth-order valence-corrected chi connectivity index (χ4v) is 2.46. The number of carbonyl (C=O) groups excluding carboxylic acids is 2. The molecule has 2 N–H and O–H groups in total. The van der Waals surface area contributed by atoms with E-state index in [9.17, 15) is 9.59 Å². The van der Waals surface area contributed by atoms with Crippen molar-refractivity contribution in [2.45, 2.75) is 44.8 Å². The third-order valence-electron chi connectivity index (χ3n) is 3.62. The van der Waals surface area contributed by atoms with E-state index in [1.54, 1.807) is 4.90 Å². The summed E-state index contributed by atoms with van der Waals surface area (Å²) in [7, 11) is 0. The van der Waals surface area contributed by atoms with Gasteiger partial charge < -0.3 is 20.3 Å².